The van der Waals surface area contributed by atoms with Crippen LogP contribution in [0.5, 0.6) is 0 Å². The summed E-state index contributed by atoms with van der Waals surface area (Å²) in [4.78, 5) is 0. The van der Waals surface area contributed by atoms with Gasteiger partial charge in [-0.05, 0) is 106 Å². The summed E-state index contributed by atoms with van der Waals surface area (Å²) in [5, 5.41) is 10.4. The summed E-state index contributed by atoms with van der Waals surface area (Å²) >= 11 is 1.94. The van der Waals surface area contributed by atoms with Crippen molar-refractivity contribution < 1.29 is 0 Å². The third-order valence-corrected chi connectivity index (χ3v) is 12.8. The fraction of sp³-hybridized carbons (Fsp3) is 0.0588. The van der Waals surface area contributed by atoms with Crippen molar-refractivity contribution in [3.63, 3.8) is 0 Å². The van der Waals surface area contributed by atoms with Gasteiger partial charge in [0.15, 0.2) is 0 Å². The lowest BCUT2D eigenvalue weighted by atomic mass is 9.81. The first-order valence-electron chi connectivity index (χ1n) is 18.2. The van der Waals surface area contributed by atoms with E-state index in [0.717, 1.165) is 0 Å². The van der Waals surface area contributed by atoms with E-state index in [-0.39, 0.29) is 5.41 Å². The molecule has 0 nitrogen and oxygen atoms in total. The normalized spacial score (nSPS) is 13.3. The maximum atomic E-state index is 2.45. The zero-order chi connectivity index (χ0) is 34.6. The molecule has 9 aromatic carbocycles. The molecule has 0 atom stereocenters. The average Bonchev–Trinajstić information content (AvgIpc) is 3.68. The van der Waals surface area contributed by atoms with Gasteiger partial charge >= 0.3 is 0 Å². The van der Waals surface area contributed by atoms with Gasteiger partial charge in [-0.2, -0.15) is 0 Å². The Balaban J connectivity index is 1.03. The highest BCUT2D eigenvalue weighted by Gasteiger charge is 2.38. The first-order chi connectivity index (χ1) is 25.5. The standard InChI is InChI=1S/C51H34S/c1-51(2)45-30-35(25-26-37(45)43-27-28-44-38-13-9-10-18-46(38)52-50(44)49(43)51)32-19-22-33(23-20-32)47-39-14-5-7-16-41(39)48(42-17-8-6-15-40(42)47)36-24-21-31-11-3-4-12-34(31)29-36/h3-30H,1-2H3. The molecule has 0 spiro atoms. The fourth-order valence-corrected chi connectivity index (χ4v) is 10.6. The third kappa shape index (κ3) is 4.21. The van der Waals surface area contributed by atoms with Crippen LogP contribution in [0.15, 0.2) is 170 Å². The summed E-state index contributed by atoms with van der Waals surface area (Å²) in [5.41, 5.74) is 13.1. The van der Waals surface area contributed by atoms with Crippen LogP contribution in [0.2, 0.25) is 0 Å². The Morgan fingerprint density at radius 1 is 0.385 bits per heavy atom. The molecule has 0 saturated heterocycles. The molecule has 1 heterocycles. The van der Waals surface area contributed by atoms with Gasteiger partial charge in [0, 0.05) is 25.6 Å². The Bertz CT molecular complexity index is 3030. The van der Waals surface area contributed by atoms with Crippen LogP contribution >= 0.6 is 11.3 Å². The summed E-state index contributed by atoms with van der Waals surface area (Å²) in [5.74, 6) is 0. The first kappa shape index (κ1) is 29.7. The molecule has 0 fully saturated rings. The molecule has 1 aliphatic rings. The minimum atomic E-state index is -0.0916. The molecule has 10 aromatic rings. The number of fused-ring (bicyclic) bond motifs is 10. The van der Waals surface area contributed by atoms with E-state index in [4.69, 9.17) is 0 Å². The van der Waals surface area contributed by atoms with Crippen molar-refractivity contribution in [3.8, 4) is 44.5 Å². The molecule has 0 N–H and O–H groups in total. The fourth-order valence-electron chi connectivity index (χ4n) is 9.17. The lowest BCUT2D eigenvalue weighted by molar-refractivity contribution is 0.667. The molecule has 0 aliphatic heterocycles. The molecule has 0 unspecified atom stereocenters. The Morgan fingerprint density at radius 3 is 1.63 bits per heavy atom. The molecular formula is C51H34S. The second-order valence-electron chi connectivity index (χ2n) is 14.8. The summed E-state index contributed by atoms with van der Waals surface area (Å²) < 4.78 is 2.79. The second-order valence-corrected chi connectivity index (χ2v) is 15.9. The maximum Gasteiger partial charge on any atom is 0.0402 e. The van der Waals surface area contributed by atoms with Crippen molar-refractivity contribution in [3.05, 3.63) is 181 Å². The minimum absolute atomic E-state index is 0.0916. The van der Waals surface area contributed by atoms with Crippen LogP contribution in [0.1, 0.15) is 25.0 Å². The third-order valence-electron chi connectivity index (χ3n) is 11.6. The Morgan fingerprint density at radius 2 is 0.923 bits per heavy atom. The molecule has 0 saturated carbocycles. The molecular weight excluding hydrogens is 645 g/mol. The van der Waals surface area contributed by atoms with Gasteiger partial charge in [-0.15, -0.1) is 11.3 Å². The number of benzene rings is 9. The molecule has 0 amide bonds. The Labute approximate surface area is 307 Å². The molecule has 11 rings (SSSR count). The summed E-state index contributed by atoms with van der Waals surface area (Å²) in [7, 11) is 0. The predicted octanol–water partition coefficient (Wildman–Crippen LogP) is 14.8. The van der Waals surface area contributed by atoms with E-state index in [9.17, 15) is 0 Å². The second kappa shape index (κ2) is 11.0. The number of thiophene rings is 1. The Kier molecular flexibility index (Phi) is 6.27. The van der Waals surface area contributed by atoms with Crippen molar-refractivity contribution in [2.45, 2.75) is 19.3 Å². The topological polar surface area (TPSA) is 0 Å². The van der Waals surface area contributed by atoms with E-state index in [1.807, 2.05) is 11.3 Å². The zero-order valence-electron chi connectivity index (χ0n) is 29.1. The largest absolute Gasteiger partial charge is 0.135 e. The molecule has 0 bridgehead atoms. The van der Waals surface area contributed by atoms with E-state index in [0.29, 0.717) is 0 Å². The highest BCUT2D eigenvalue weighted by atomic mass is 32.1. The molecule has 1 aromatic heterocycles. The lowest BCUT2D eigenvalue weighted by Gasteiger charge is -2.23. The van der Waals surface area contributed by atoms with Crippen molar-refractivity contribution in [1.82, 2.24) is 0 Å². The van der Waals surface area contributed by atoms with E-state index in [2.05, 4.69) is 184 Å². The van der Waals surface area contributed by atoms with Gasteiger partial charge < -0.3 is 0 Å². The van der Waals surface area contributed by atoms with E-state index < -0.39 is 0 Å². The Hall–Kier alpha value is -6.02. The summed E-state index contributed by atoms with van der Waals surface area (Å²) in [6, 6.07) is 63.4. The van der Waals surface area contributed by atoms with Crippen LogP contribution < -0.4 is 0 Å². The van der Waals surface area contributed by atoms with Crippen LogP contribution in [0.4, 0.5) is 0 Å². The van der Waals surface area contributed by atoms with Crippen molar-refractivity contribution in [1.29, 1.82) is 0 Å². The molecule has 1 aliphatic carbocycles. The monoisotopic (exact) mass is 678 g/mol. The van der Waals surface area contributed by atoms with Crippen LogP contribution in [0.25, 0.3) is 97.0 Å². The van der Waals surface area contributed by atoms with E-state index in [1.165, 1.54) is 108 Å². The average molecular weight is 679 g/mol. The summed E-state index contributed by atoms with van der Waals surface area (Å²) in [6.45, 7) is 4.82. The van der Waals surface area contributed by atoms with Gasteiger partial charge in [-0.1, -0.05) is 166 Å². The van der Waals surface area contributed by atoms with E-state index >= 15 is 0 Å². The van der Waals surface area contributed by atoms with Gasteiger partial charge in [0.2, 0.25) is 0 Å². The number of hydrogen-bond donors (Lipinski definition) is 0. The maximum absolute atomic E-state index is 2.45. The van der Waals surface area contributed by atoms with Crippen LogP contribution in [0.3, 0.4) is 0 Å². The van der Waals surface area contributed by atoms with Crippen LogP contribution in [-0.2, 0) is 5.41 Å². The molecule has 0 radical (unpaired) electrons. The molecule has 52 heavy (non-hydrogen) atoms. The highest BCUT2D eigenvalue weighted by molar-refractivity contribution is 7.26. The van der Waals surface area contributed by atoms with Gasteiger partial charge in [-0.3, -0.25) is 0 Å². The SMILES string of the molecule is CC1(C)c2cc(-c3ccc(-c4c5ccccc5c(-c5ccc6ccccc6c5)c5ccccc45)cc3)ccc2-c2ccc3c(sc4ccccc43)c21. The van der Waals surface area contributed by atoms with Crippen LogP contribution in [-0.4, -0.2) is 0 Å². The minimum Gasteiger partial charge on any atom is -0.135 e. The van der Waals surface area contributed by atoms with Gasteiger partial charge in [0.05, 0.1) is 0 Å². The van der Waals surface area contributed by atoms with Crippen molar-refractivity contribution in [2.75, 3.05) is 0 Å². The number of hydrogen-bond acceptors (Lipinski definition) is 1. The zero-order valence-corrected chi connectivity index (χ0v) is 29.9. The van der Waals surface area contributed by atoms with E-state index in [1.54, 1.807) is 0 Å². The smallest absolute Gasteiger partial charge is 0.0402 e. The molecule has 1 heteroatoms. The van der Waals surface area contributed by atoms with Crippen molar-refractivity contribution >= 4 is 63.8 Å². The lowest BCUT2D eigenvalue weighted by Crippen LogP contribution is -2.15. The van der Waals surface area contributed by atoms with Gasteiger partial charge in [-0.25, -0.2) is 0 Å². The van der Waals surface area contributed by atoms with Crippen LogP contribution in [0, 0.1) is 0 Å². The molecule has 244 valence electrons. The summed E-state index contributed by atoms with van der Waals surface area (Å²) in [6.07, 6.45) is 0. The quantitative estimate of drug-likeness (QED) is 0.163. The predicted molar refractivity (Wildman–Crippen MR) is 226 cm³/mol. The number of rotatable bonds is 3. The van der Waals surface area contributed by atoms with Gasteiger partial charge in [0.1, 0.15) is 0 Å². The van der Waals surface area contributed by atoms with Crippen molar-refractivity contribution in [2.24, 2.45) is 0 Å². The van der Waals surface area contributed by atoms with Gasteiger partial charge in [0.25, 0.3) is 0 Å². The highest BCUT2D eigenvalue weighted by Crippen LogP contribution is 2.54. The first-order valence-corrected chi connectivity index (χ1v) is 19.0.